The Bertz CT molecular complexity index is 1020. The van der Waals surface area contributed by atoms with Crippen LogP contribution in [0, 0.1) is 11.3 Å². The van der Waals surface area contributed by atoms with Gasteiger partial charge in [0.1, 0.15) is 0 Å². The molecule has 2 fully saturated rings. The van der Waals surface area contributed by atoms with Gasteiger partial charge in [0.25, 0.3) is 0 Å². The molecular weight excluding hydrogens is 402 g/mol. The van der Waals surface area contributed by atoms with Crippen molar-refractivity contribution in [3.63, 3.8) is 0 Å². The van der Waals surface area contributed by atoms with E-state index in [4.69, 9.17) is 20.6 Å². The summed E-state index contributed by atoms with van der Waals surface area (Å²) in [6, 6.07) is 7.56. The minimum Gasteiger partial charge on any atom is -0.339 e. The smallest absolute Gasteiger partial charge is 0.240 e. The number of aromatic nitrogens is 4. The molecule has 3 aromatic rings. The highest BCUT2D eigenvalue weighted by Gasteiger charge is 2.58. The normalized spacial score (nSPS) is 20.9. The van der Waals surface area contributed by atoms with Crippen LogP contribution in [-0.4, -0.2) is 38.3 Å². The van der Waals surface area contributed by atoms with E-state index in [1.165, 1.54) is 0 Å². The lowest BCUT2D eigenvalue weighted by molar-refractivity contribution is 0.144. The third kappa shape index (κ3) is 4.01. The maximum absolute atomic E-state index is 6.08. The van der Waals surface area contributed by atoms with Gasteiger partial charge >= 0.3 is 0 Å². The first-order valence-corrected chi connectivity index (χ1v) is 11.0. The Balaban J connectivity index is 1.17. The molecule has 5 rings (SSSR count). The molecule has 0 N–H and O–H groups in total. The summed E-state index contributed by atoms with van der Waals surface area (Å²) in [5.74, 6) is 3.79. The van der Waals surface area contributed by atoms with Crippen LogP contribution in [0.15, 0.2) is 33.3 Å². The summed E-state index contributed by atoms with van der Waals surface area (Å²) >= 11 is 6.08. The SMILES string of the molecule is CC(C)Cc1noc(CN2CCC3(CC2)C[C@H]3c2nc(-c3cccc(Cl)c3)no2)n1. The largest absolute Gasteiger partial charge is 0.339 e. The molecule has 2 aromatic heterocycles. The van der Waals surface area contributed by atoms with Crippen molar-refractivity contribution in [2.75, 3.05) is 13.1 Å². The zero-order valence-electron chi connectivity index (χ0n) is 17.3. The van der Waals surface area contributed by atoms with E-state index in [0.29, 0.717) is 28.1 Å². The number of hydrogen-bond donors (Lipinski definition) is 0. The van der Waals surface area contributed by atoms with E-state index >= 15 is 0 Å². The zero-order valence-corrected chi connectivity index (χ0v) is 18.1. The van der Waals surface area contributed by atoms with Crippen molar-refractivity contribution in [2.45, 2.75) is 52.0 Å². The molecule has 0 amide bonds. The second kappa shape index (κ2) is 7.78. The second-order valence-corrected chi connectivity index (χ2v) is 9.50. The molecule has 1 atom stereocenters. The van der Waals surface area contributed by atoms with Gasteiger partial charge in [-0.1, -0.05) is 47.9 Å². The summed E-state index contributed by atoms with van der Waals surface area (Å²) < 4.78 is 11.1. The van der Waals surface area contributed by atoms with Crippen molar-refractivity contribution in [2.24, 2.45) is 11.3 Å². The van der Waals surface area contributed by atoms with Gasteiger partial charge in [0, 0.05) is 22.9 Å². The van der Waals surface area contributed by atoms with Crippen molar-refractivity contribution in [3.8, 4) is 11.4 Å². The summed E-state index contributed by atoms with van der Waals surface area (Å²) in [5, 5.41) is 8.95. The van der Waals surface area contributed by atoms with Gasteiger partial charge < -0.3 is 9.05 Å². The van der Waals surface area contributed by atoms with Crippen LogP contribution < -0.4 is 0 Å². The number of rotatable bonds is 6. The molecule has 1 aromatic carbocycles. The van der Waals surface area contributed by atoms with Crippen molar-refractivity contribution in [1.82, 2.24) is 25.2 Å². The van der Waals surface area contributed by atoms with E-state index in [0.717, 1.165) is 68.5 Å². The summed E-state index contributed by atoms with van der Waals surface area (Å²) in [4.78, 5) is 11.6. The minimum atomic E-state index is 0.298. The van der Waals surface area contributed by atoms with Crippen LogP contribution in [0.25, 0.3) is 11.4 Å². The Morgan fingerprint density at radius 2 is 2.00 bits per heavy atom. The monoisotopic (exact) mass is 427 g/mol. The van der Waals surface area contributed by atoms with Gasteiger partial charge in [-0.2, -0.15) is 9.97 Å². The molecule has 3 heterocycles. The van der Waals surface area contributed by atoms with Gasteiger partial charge in [0.2, 0.25) is 17.6 Å². The number of benzene rings is 1. The van der Waals surface area contributed by atoms with Crippen LogP contribution in [0.3, 0.4) is 0 Å². The number of hydrogen-bond acceptors (Lipinski definition) is 7. The van der Waals surface area contributed by atoms with E-state index in [2.05, 4.69) is 39.0 Å². The fourth-order valence-corrected chi connectivity index (χ4v) is 4.71. The molecule has 30 heavy (non-hydrogen) atoms. The highest BCUT2D eigenvalue weighted by molar-refractivity contribution is 6.30. The average Bonchev–Trinajstić information content (AvgIpc) is 3.07. The molecule has 2 aliphatic rings. The Morgan fingerprint density at radius 1 is 1.17 bits per heavy atom. The topological polar surface area (TPSA) is 81.1 Å². The molecule has 7 nitrogen and oxygen atoms in total. The van der Waals surface area contributed by atoms with Crippen LogP contribution in [0.1, 0.15) is 56.6 Å². The Labute approximate surface area is 180 Å². The van der Waals surface area contributed by atoms with Gasteiger partial charge in [0.15, 0.2) is 5.82 Å². The fourth-order valence-electron chi connectivity index (χ4n) is 4.52. The molecule has 8 heteroatoms. The maximum atomic E-state index is 6.08. The highest BCUT2D eigenvalue weighted by Crippen LogP contribution is 2.64. The molecule has 1 aliphatic carbocycles. The van der Waals surface area contributed by atoms with Crippen molar-refractivity contribution < 1.29 is 9.05 Å². The summed E-state index contributed by atoms with van der Waals surface area (Å²) in [6.07, 6.45) is 4.23. The molecular formula is C22H26ClN5O2. The predicted octanol–water partition coefficient (Wildman–Crippen LogP) is 4.74. The third-order valence-electron chi connectivity index (χ3n) is 6.32. The lowest BCUT2D eigenvalue weighted by atomic mass is 9.91. The standard InChI is InChI=1S/C22H26ClN5O2/c1-14(2)10-18-24-19(29-26-18)13-28-8-6-22(7-9-28)12-17(22)21-25-20(27-30-21)15-4-3-5-16(23)11-15/h3-5,11,14,17H,6-10,12-13H2,1-2H3/t17-/m0/s1. The summed E-state index contributed by atoms with van der Waals surface area (Å²) in [6.45, 7) is 7.09. The first kappa shape index (κ1) is 19.7. The van der Waals surface area contributed by atoms with Gasteiger partial charge in [-0.25, -0.2) is 0 Å². The van der Waals surface area contributed by atoms with Crippen LogP contribution in [0.4, 0.5) is 0 Å². The lowest BCUT2D eigenvalue weighted by Crippen LogP contribution is -2.34. The fraction of sp³-hybridized carbons (Fsp3) is 0.545. The van der Waals surface area contributed by atoms with Gasteiger partial charge in [-0.3, -0.25) is 4.90 Å². The molecule has 0 unspecified atom stereocenters. The molecule has 1 spiro atoms. The van der Waals surface area contributed by atoms with Gasteiger partial charge in [-0.15, -0.1) is 0 Å². The predicted molar refractivity (Wildman–Crippen MR) is 112 cm³/mol. The van der Waals surface area contributed by atoms with E-state index < -0.39 is 0 Å². The molecule has 0 radical (unpaired) electrons. The number of halogens is 1. The average molecular weight is 428 g/mol. The molecule has 1 saturated carbocycles. The number of nitrogens with zero attached hydrogens (tertiary/aromatic N) is 5. The van der Waals surface area contributed by atoms with E-state index in [1.807, 2.05) is 24.3 Å². The zero-order chi connectivity index (χ0) is 20.7. The third-order valence-corrected chi connectivity index (χ3v) is 6.56. The van der Waals surface area contributed by atoms with E-state index in [-0.39, 0.29) is 0 Å². The van der Waals surface area contributed by atoms with Gasteiger partial charge in [-0.05, 0) is 55.8 Å². The van der Waals surface area contributed by atoms with Crippen molar-refractivity contribution in [3.05, 3.63) is 46.9 Å². The quantitative estimate of drug-likeness (QED) is 0.561. The Morgan fingerprint density at radius 3 is 2.77 bits per heavy atom. The van der Waals surface area contributed by atoms with E-state index in [1.54, 1.807) is 0 Å². The van der Waals surface area contributed by atoms with Crippen LogP contribution >= 0.6 is 11.6 Å². The van der Waals surface area contributed by atoms with Gasteiger partial charge in [0.05, 0.1) is 6.54 Å². The summed E-state index contributed by atoms with van der Waals surface area (Å²) in [5.41, 5.74) is 1.19. The van der Waals surface area contributed by atoms with Crippen LogP contribution in [0.5, 0.6) is 0 Å². The second-order valence-electron chi connectivity index (χ2n) is 9.06. The van der Waals surface area contributed by atoms with E-state index in [9.17, 15) is 0 Å². The minimum absolute atomic E-state index is 0.298. The first-order chi connectivity index (χ1) is 14.5. The highest BCUT2D eigenvalue weighted by atomic mass is 35.5. The van der Waals surface area contributed by atoms with Crippen molar-refractivity contribution in [1.29, 1.82) is 0 Å². The first-order valence-electron chi connectivity index (χ1n) is 10.6. The lowest BCUT2D eigenvalue weighted by Gasteiger charge is -2.31. The Hall–Kier alpha value is -2.25. The number of likely N-dealkylation sites (tertiary alicyclic amines) is 1. The van der Waals surface area contributed by atoms with Crippen molar-refractivity contribution >= 4 is 11.6 Å². The molecule has 158 valence electrons. The molecule has 1 saturated heterocycles. The summed E-state index contributed by atoms with van der Waals surface area (Å²) in [7, 11) is 0. The Kier molecular flexibility index (Phi) is 5.11. The molecule has 0 bridgehead atoms. The van der Waals surface area contributed by atoms with Crippen LogP contribution in [0.2, 0.25) is 5.02 Å². The number of piperidine rings is 1. The van der Waals surface area contributed by atoms with Crippen LogP contribution in [-0.2, 0) is 13.0 Å². The molecule has 1 aliphatic heterocycles. The maximum Gasteiger partial charge on any atom is 0.240 e.